The van der Waals surface area contributed by atoms with Gasteiger partial charge in [-0.05, 0) is 42.5 Å². The van der Waals surface area contributed by atoms with E-state index < -0.39 is 15.2 Å². The van der Waals surface area contributed by atoms with E-state index in [2.05, 4.69) is 5.32 Å². The summed E-state index contributed by atoms with van der Waals surface area (Å²) in [6.45, 7) is 0.691. The molecule has 1 saturated carbocycles. The highest BCUT2D eigenvalue weighted by Crippen LogP contribution is 2.32. The molecule has 0 radical (unpaired) electrons. The molecule has 1 heterocycles. The Hall–Kier alpha value is -1.27. The maximum absolute atomic E-state index is 11.9. The minimum Gasteiger partial charge on any atom is -0.480 e. The third kappa shape index (κ3) is 2.91. The Kier molecular flexibility index (Phi) is 3.38. The molecule has 20 heavy (non-hydrogen) atoms. The summed E-state index contributed by atoms with van der Waals surface area (Å²) in [5.74, 6) is 1.000. The maximum atomic E-state index is 11.9. The van der Waals surface area contributed by atoms with E-state index in [0.29, 0.717) is 30.2 Å². The van der Waals surface area contributed by atoms with Crippen LogP contribution in [0.25, 0.3) is 0 Å². The number of hydrogen-bond donors (Lipinski definition) is 1. The topological polar surface area (TPSA) is 72.5 Å². The number of nitrogens with one attached hydrogen (secondary N) is 1. The summed E-state index contributed by atoms with van der Waals surface area (Å²) < 4.78 is 28.1. The molecule has 0 aromatic heterocycles. The number of ether oxygens (including phenoxy) is 1. The summed E-state index contributed by atoms with van der Waals surface area (Å²) in [5, 5.41) is 2.86. The van der Waals surface area contributed by atoms with Crippen molar-refractivity contribution in [3.8, 4) is 5.75 Å². The van der Waals surface area contributed by atoms with Crippen LogP contribution < -0.4 is 10.1 Å². The van der Waals surface area contributed by atoms with Gasteiger partial charge in [0.25, 0.3) is 15.0 Å². The zero-order valence-corrected chi connectivity index (χ0v) is 12.2. The highest BCUT2D eigenvalue weighted by atomic mass is 35.7. The number of carbonyl (C=O) groups is 1. The van der Waals surface area contributed by atoms with E-state index in [9.17, 15) is 13.2 Å². The highest BCUT2D eigenvalue weighted by Gasteiger charge is 2.31. The fraction of sp³-hybridized carbons (Fsp3) is 0.462. The van der Waals surface area contributed by atoms with Crippen molar-refractivity contribution in [2.24, 2.45) is 5.92 Å². The van der Waals surface area contributed by atoms with E-state index in [1.165, 1.54) is 25.0 Å². The molecule has 1 aromatic carbocycles. The Morgan fingerprint density at radius 1 is 1.40 bits per heavy atom. The lowest BCUT2D eigenvalue weighted by atomic mass is 10.1. The molecule has 1 N–H and O–H groups in total. The van der Waals surface area contributed by atoms with E-state index >= 15 is 0 Å². The van der Waals surface area contributed by atoms with Gasteiger partial charge in [0, 0.05) is 23.6 Å². The SMILES string of the molecule is O=C(NCC1CC1)C1Cc2cc(S(=O)(=O)Cl)ccc2O1. The smallest absolute Gasteiger partial charge is 0.261 e. The summed E-state index contributed by atoms with van der Waals surface area (Å²) in [4.78, 5) is 12.0. The van der Waals surface area contributed by atoms with Gasteiger partial charge in [0.1, 0.15) is 5.75 Å². The summed E-state index contributed by atoms with van der Waals surface area (Å²) in [5.41, 5.74) is 0.693. The maximum Gasteiger partial charge on any atom is 0.261 e. The van der Waals surface area contributed by atoms with Gasteiger partial charge in [-0.25, -0.2) is 8.42 Å². The standard InChI is InChI=1S/C13H14ClNO4S/c14-20(17,18)10-3-4-11-9(5-10)6-12(19-11)13(16)15-7-8-1-2-8/h3-5,8,12H,1-2,6-7H2,(H,15,16). The van der Waals surface area contributed by atoms with Crippen LogP contribution in [0.4, 0.5) is 0 Å². The molecule has 0 bridgehead atoms. The molecular formula is C13H14ClNO4S. The Morgan fingerprint density at radius 3 is 2.80 bits per heavy atom. The molecule has 108 valence electrons. The molecular weight excluding hydrogens is 302 g/mol. The number of amides is 1. The summed E-state index contributed by atoms with van der Waals surface area (Å²) in [6, 6.07) is 4.39. The summed E-state index contributed by atoms with van der Waals surface area (Å²) in [6.07, 6.45) is 2.12. The van der Waals surface area contributed by atoms with Crippen LogP contribution >= 0.6 is 10.7 Å². The molecule has 5 nitrogen and oxygen atoms in total. The van der Waals surface area contributed by atoms with Crippen LogP contribution in [0.3, 0.4) is 0 Å². The largest absolute Gasteiger partial charge is 0.480 e. The molecule has 0 spiro atoms. The van der Waals surface area contributed by atoms with Crippen LogP contribution in [-0.4, -0.2) is 27.0 Å². The monoisotopic (exact) mass is 315 g/mol. The van der Waals surface area contributed by atoms with Crippen molar-refractivity contribution in [2.45, 2.75) is 30.3 Å². The van der Waals surface area contributed by atoms with Gasteiger partial charge in [-0.3, -0.25) is 4.79 Å². The van der Waals surface area contributed by atoms with Crippen molar-refractivity contribution in [1.29, 1.82) is 0 Å². The Balaban J connectivity index is 1.69. The van der Waals surface area contributed by atoms with Crippen molar-refractivity contribution < 1.29 is 17.9 Å². The quantitative estimate of drug-likeness (QED) is 0.853. The number of fused-ring (bicyclic) bond motifs is 1. The van der Waals surface area contributed by atoms with Crippen LogP contribution in [0.5, 0.6) is 5.75 Å². The highest BCUT2D eigenvalue weighted by molar-refractivity contribution is 8.13. The second-order valence-electron chi connectivity index (χ2n) is 5.21. The first kappa shape index (κ1) is 13.7. The first-order chi connectivity index (χ1) is 9.43. The summed E-state index contributed by atoms with van der Waals surface area (Å²) in [7, 11) is 1.54. The zero-order chi connectivity index (χ0) is 14.3. The minimum absolute atomic E-state index is 0.0283. The Bertz CT molecular complexity index is 654. The van der Waals surface area contributed by atoms with E-state index in [-0.39, 0.29) is 10.8 Å². The fourth-order valence-electron chi connectivity index (χ4n) is 2.20. The molecule has 1 unspecified atom stereocenters. The van der Waals surface area contributed by atoms with Gasteiger partial charge >= 0.3 is 0 Å². The van der Waals surface area contributed by atoms with E-state index in [1.807, 2.05) is 0 Å². The van der Waals surface area contributed by atoms with E-state index in [0.717, 1.165) is 0 Å². The molecule has 0 saturated heterocycles. The van der Waals surface area contributed by atoms with Gasteiger partial charge in [0.2, 0.25) is 0 Å². The molecule has 1 aliphatic carbocycles. The lowest BCUT2D eigenvalue weighted by Gasteiger charge is -2.10. The summed E-state index contributed by atoms with van der Waals surface area (Å²) >= 11 is 0. The number of benzene rings is 1. The van der Waals surface area contributed by atoms with Crippen molar-refractivity contribution in [1.82, 2.24) is 5.32 Å². The lowest BCUT2D eigenvalue weighted by Crippen LogP contribution is -2.38. The second kappa shape index (κ2) is 4.93. The predicted molar refractivity (Wildman–Crippen MR) is 73.3 cm³/mol. The number of hydrogen-bond acceptors (Lipinski definition) is 4. The first-order valence-electron chi connectivity index (χ1n) is 6.45. The lowest BCUT2D eigenvalue weighted by molar-refractivity contribution is -0.127. The van der Waals surface area contributed by atoms with Crippen LogP contribution in [0.2, 0.25) is 0 Å². The van der Waals surface area contributed by atoms with Gasteiger partial charge in [0.15, 0.2) is 6.10 Å². The van der Waals surface area contributed by atoms with Crippen LogP contribution in [0.15, 0.2) is 23.1 Å². The second-order valence-corrected chi connectivity index (χ2v) is 7.77. The average molecular weight is 316 g/mol. The van der Waals surface area contributed by atoms with Gasteiger partial charge in [0.05, 0.1) is 4.90 Å². The molecule has 7 heteroatoms. The van der Waals surface area contributed by atoms with Gasteiger partial charge in [-0.15, -0.1) is 0 Å². The number of carbonyl (C=O) groups excluding carboxylic acids is 1. The van der Waals surface area contributed by atoms with Crippen LogP contribution in [0, 0.1) is 5.92 Å². The molecule has 1 atom stereocenters. The van der Waals surface area contributed by atoms with Crippen LogP contribution in [0.1, 0.15) is 18.4 Å². The molecule has 1 aliphatic heterocycles. The molecule has 1 fully saturated rings. The minimum atomic E-state index is -3.76. The van der Waals surface area contributed by atoms with Crippen molar-refractivity contribution in [2.75, 3.05) is 6.54 Å². The van der Waals surface area contributed by atoms with Crippen molar-refractivity contribution in [3.05, 3.63) is 23.8 Å². The van der Waals surface area contributed by atoms with Gasteiger partial charge < -0.3 is 10.1 Å². The normalized spacial score (nSPS) is 21.1. The third-order valence-corrected chi connectivity index (χ3v) is 4.89. The zero-order valence-electron chi connectivity index (χ0n) is 10.6. The predicted octanol–water partition coefficient (Wildman–Crippen LogP) is 1.44. The van der Waals surface area contributed by atoms with Gasteiger partial charge in [-0.2, -0.15) is 0 Å². The number of rotatable bonds is 4. The van der Waals surface area contributed by atoms with E-state index in [1.54, 1.807) is 6.07 Å². The average Bonchev–Trinajstić information content (AvgIpc) is 3.11. The molecule has 1 aromatic rings. The van der Waals surface area contributed by atoms with Crippen molar-refractivity contribution >= 4 is 25.6 Å². The molecule has 3 rings (SSSR count). The first-order valence-corrected chi connectivity index (χ1v) is 8.76. The van der Waals surface area contributed by atoms with Gasteiger partial charge in [-0.1, -0.05) is 0 Å². The Labute approximate surface area is 121 Å². The Morgan fingerprint density at radius 2 is 2.15 bits per heavy atom. The van der Waals surface area contributed by atoms with E-state index in [4.69, 9.17) is 15.4 Å². The fourth-order valence-corrected chi connectivity index (χ4v) is 3.01. The third-order valence-electron chi connectivity index (χ3n) is 3.54. The van der Waals surface area contributed by atoms with Crippen LogP contribution in [-0.2, 0) is 20.3 Å². The number of halogens is 1. The molecule has 2 aliphatic rings. The van der Waals surface area contributed by atoms with Crippen molar-refractivity contribution in [3.63, 3.8) is 0 Å². The molecule has 1 amide bonds.